The Morgan fingerprint density at radius 1 is 1.22 bits per heavy atom. The van der Waals surface area contributed by atoms with Crippen LogP contribution in [0.15, 0.2) is 29.6 Å². The number of hydrogen-bond donors (Lipinski definition) is 3. The van der Waals surface area contributed by atoms with Crippen molar-refractivity contribution in [1.29, 1.82) is 0 Å². The van der Waals surface area contributed by atoms with Gasteiger partial charge in [0.1, 0.15) is 5.82 Å². The third kappa shape index (κ3) is 7.21. The topological polar surface area (TPSA) is 91.3 Å². The Kier molecular flexibility index (Phi) is 6.72. The van der Waals surface area contributed by atoms with E-state index in [0.29, 0.717) is 11.2 Å². The highest BCUT2D eigenvalue weighted by atomic mass is 32.1. The average molecular weight is 405 g/mol. The minimum absolute atomic E-state index is 0.00830. The van der Waals surface area contributed by atoms with Crippen LogP contribution in [-0.4, -0.2) is 40.7 Å². The van der Waals surface area contributed by atoms with Crippen molar-refractivity contribution in [1.82, 2.24) is 10.3 Å². The van der Waals surface area contributed by atoms with E-state index in [2.05, 4.69) is 15.6 Å². The minimum atomic E-state index is -5.08. The molecule has 3 rings (SSSR count). The molecule has 1 aromatic heterocycles. The first-order valence-electron chi connectivity index (χ1n) is 7.70. The summed E-state index contributed by atoms with van der Waals surface area (Å²) in [6, 6.07) is 6.56. The van der Waals surface area contributed by atoms with Crippen molar-refractivity contribution in [2.75, 3.05) is 11.9 Å². The van der Waals surface area contributed by atoms with E-state index in [-0.39, 0.29) is 18.3 Å². The Morgan fingerprint density at radius 2 is 1.81 bits per heavy atom. The second-order valence-electron chi connectivity index (χ2n) is 5.54. The highest BCUT2D eigenvalue weighted by Crippen LogP contribution is 2.25. The predicted octanol–water partition coefficient (Wildman–Crippen LogP) is 3.27. The number of aromatic nitrogens is 1. The molecular formula is C16H15F4N3O3S. The Labute approximate surface area is 155 Å². The van der Waals surface area contributed by atoms with E-state index in [1.807, 2.05) is 5.38 Å². The average Bonchev–Trinajstić information content (AvgIpc) is 3.27. The van der Waals surface area contributed by atoms with Crippen molar-refractivity contribution >= 4 is 28.3 Å². The number of hydrogen-bond acceptors (Lipinski definition) is 5. The first kappa shape index (κ1) is 20.6. The number of anilines is 1. The maximum absolute atomic E-state index is 12.9. The number of thiazole rings is 1. The van der Waals surface area contributed by atoms with Crippen molar-refractivity contribution in [3.05, 3.63) is 35.5 Å². The van der Waals surface area contributed by atoms with Crippen molar-refractivity contribution in [2.45, 2.75) is 25.1 Å². The van der Waals surface area contributed by atoms with Gasteiger partial charge in [-0.1, -0.05) is 0 Å². The molecule has 0 radical (unpaired) electrons. The second kappa shape index (κ2) is 8.80. The highest BCUT2D eigenvalue weighted by Gasteiger charge is 2.38. The van der Waals surface area contributed by atoms with Gasteiger partial charge in [0.25, 0.3) is 0 Å². The molecule has 27 heavy (non-hydrogen) atoms. The molecule has 3 N–H and O–H groups in total. The fourth-order valence-electron chi connectivity index (χ4n) is 1.77. The second-order valence-corrected chi connectivity index (χ2v) is 6.40. The third-order valence-electron chi connectivity index (χ3n) is 3.23. The Balaban J connectivity index is 0.000000321. The van der Waals surface area contributed by atoms with Crippen LogP contribution in [0.5, 0.6) is 0 Å². The summed E-state index contributed by atoms with van der Waals surface area (Å²) < 4.78 is 44.6. The number of alkyl halides is 3. The summed E-state index contributed by atoms with van der Waals surface area (Å²) in [5.41, 5.74) is 1.64. The smallest absolute Gasteiger partial charge is 0.475 e. The van der Waals surface area contributed by atoms with Crippen LogP contribution in [-0.2, 0) is 9.59 Å². The molecule has 1 aromatic carbocycles. The number of benzene rings is 1. The molecule has 0 spiro atoms. The Hall–Kier alpha value is -2.69. The lowest BCUT2D eigenvalue weighted by atomic mass is 10.2. The molecular weight excluding hydrogens is 390 g/mol. The molecule has 0 atom stereocenters. The van der Waals surface area contributed by atoms with Gasteiger partial charge in [-0.25, -0.2) is 14.2 Å². The van der Waals surface area contributed by atoms with Gasteiger partial charge in [-0.05, 0) is 37.1 Å². The minimum Gasteiger partial charge on any atom is -0.475 e. The lowest BCUT2D eigenvalue weighted by molar-refractivity contribution is -0.192. The molecule has 1 aliphatic rings. The van der Waals surface area contributed by atoms with E-state index >= 15 is 0 Å². The monoisotopic (exact) mass is 405 g/mol. The van der Waals surface area contributed by atoms with Crippen LogP contribution in [0.4, 0.5) is 22.7 Å². The summed E-state index contributed by atoms with van der Waals surface area (Å²) in [5.74, 6) is -3.03. The zero-order valence-electron chi connectivity index (χ0n) is 13.7. The Morgan fingerprint density at radius 3 is 2.33 bits per heavy atom. The third-order valence-corrected chi connectivity index (χ3v) is 4.03. The number of aliphatic carboxylic acids is 1. The standard InChI is InChI=1S/C14H14FN3OS.C2HF3O2/c15-10-3-1-9(2-4-10)12-8-20-14(18-12)16-7-13(19)17-11-5-6-11;3-2(4,5)1(6)7/h1-4,8,11H,5-7H2,(H,16,18)(H,17,19);(H,6,7). The van der Waals surface area contributed by atoms with Crippen molar-refractivity contribution in [3.8, 4) is 11.3 Å². The van der Waals surface area contributed by atoms with Gasteiger partial charge >= 0.3 is 12.1 Å². The van der Waals surface area contributed by atoms with Crippen LogP contribution in [0.25, 0.3) is 11.3 Å². The fraction of sp³-hybridized carbons (Fsp3) is 0.312. The molecule has 0 saturated heterocycles. The summed E-state index contributed by atoms with van der Waals surface area (Å²) in [6.45, 7) is 0.229. The zero-order chi connectivity index (χ0) is 20.0. The van der Waals surface area contributed by atoms with Crippen molar-refractivity contribution in [2.24, 2.45) is 0 Å². The summed E-state index contributed by atoms with van der Waals surface area (Å²) in [6.07, 6.45) is -2.92. The van der Waals surface area contributed by atoms with E-state index in [9.17, 15) is 22.4 Å². The van der Waals surface area contributed by atoms with Crippen LogP contribution in [0, 0.1) is 5.82 Å². The summed E-state index contributed by atoms with van der Waals surface area (Å²) in [5, 5.41) is 15.6. The molecule has 6 nitrogen and oxygen atoms in total. The van der Waals surface area contributed by atoms with Gasteiger partial charge in [-0.3, -0.25) is 4.79 Å². The summed E-state index contributed by atoms with van der Waals surface area (Å²) in [4.78, 5) is 24.8. The maximum atomic E-state index is 12.9. The normalized spacial score (nSPS) is 13.3. The van der Waals surface area contributed by atoms with Crippen LogP contribution < -0.4 is 10.6 Å². The Bertz CT molecular complexity index is 789. The highest BCUT2D eigenvalue weighted by molar-refractivity contribution is 7.14. The quantitative estimate of drug-likeness (QED) is 0.664. The van der Waals surface area contributed by atoms with Crippen LogP contribution in [0.3, 0.4) is 0 Å². The van der Waals surface area contributed by atoms with Crippen LogP contribution >= 0.6 is 11.3 Å². The van der Waals surface area contributed by atoms with E-state index in [4.69, 9.17) is 9.90 Å². The van der Waals surface area contributed by atoms with Gasteiger partial charge in [-0.15, -0.1) is 11.3 Å². The van der Waals surface area contributed by atoms with Crippen LogP contribution in [0.1, 0.15) is 12.8 Å². The van der Waals surface area contributed by atoms with Crippen molar-refractivity contribution in [3.63, 3.8) is 0 Å². The zero-order valence-corrected chi connectivity index (χ0v) is 14.5. The number of carboxylic acid groups (broad SMARTS) is 1. The first-order valence-corrected chi connectivity index (χ1v) is 8.58. The van der Waals surface area contributed by atoms with Gasteiger partial charge in [0, 0.05) is 17.0 Å². The van der Waals surface area contributed by atoms with Crippen molar-refractivity contribution < 1.29 is 32.3 Å². The predicted molar refractivity (Wildman–Crippen MR) is 90.9 cm³/mol. The molecule has 1 amide bonds. The van der Waals surface area contributed by atoms with Gasteiger partial charge in [0.2, 0.25) is 5.91 Å². The number of halogens is 4. The number of rotatable bonds is 5. The van der Waals surface area contributed by atoms with Crippen LogP contribution in [0.2, 0.25) is 0 Å². The largest absolute Gasteiger partial charge is 0.490 e. The van der Waals surface area contributed by atoms with E-state index in [1.54, 1.807) is 12.1 Å². The molecule has 1 saturated carbocycles. The number of nitrogens with one attached hydrogen (secondary N) is 2. The van der Waals surface area contributed by atoms with E-state index in [0.717, 1.165) is 24.1 Å². The molecule has 146 valence electrons. The molecule has 0 bridgehead atoms. The molecule has 1 fully saturated rings. The van der Waals surface area contributed by atoms with E-state index < -0.39 is 12.1 Å². The lowest BCUT2D eigenvalue weighted by Crippen LogP contribution is -2.31. The first-order chi connectivity index (χ1) is 12.6. The van der Waals surface area contributed by atoms with E-state index in [1.165, 1.54) is 23.5 Å². The molecule has 1 heterocycles. The molecule has 2 aromatic rings. The number of carboxylic acids is 1. The number of carbonyl (C=O) groups excluding carboxylic acids is 1. The number of carbonyl (C=O) groups is 2. The SMILES string of the molecule is O=C(CNc1nc(-c2ccc(F)cc2)cs1)NC1CC1.O=C(O)C(F)(F)F. The lowest BCUT2D eigenvalue weighted by Gasteiger charge is -2.03. The number of nitrogens with zero attached hydrogens (tertiary/aromatic N) is 1. The summed E-state index contributed by atoms with van der Waals surface area (Å²) >= 11 is 1.43. The van der Waals surface area contributed by atoms with Gasteiger partial charge in [0.15, 0.2) is 5.13 Å². The maximum Gasteiger partial charge on any atom is 0.490 e. The van der Waals surface area contributed by atoms with Gasteiger partial charge < -0.3 is 15.7 Å². The molecule has 0 unspecified atom stereocenters. The number of amides is 1. The fourth-order valence-corrected chi connectivity index (χ4v) is 2.49. The molecule has 11 heteroatoms. The molecule has 0 aliphatic heterocycles. The van der Waals surface area contributed by atoms with Gasteiger partial charge in [-0.2, -0.15) is 13.2 Å². The van der Waals surface area contributed by atoms with Gasteiger partial charge in [0.05, 0.1) is 12.2 Å². The summed E-state index contributed by atoms with van der Waals surface area (Å²) in [7, 11) is 0. The molecule has 1 aliphatic carbocycles.